The Morgan fingerprint density at radius 2 is 2.11 bits per heavy atom. The van der Waals surface area contributed by atoms with Gasteiger partial charge in [-0.25, -0.2) is 4.98 Å². The fourth-order valence-corrected chi connectivity index (χ4v) is 2.83. The van der Waals surface area contributed by atoms with E-state index in [9.17, 15) is 9.59 Å². The van der Waals surface area contributed by atoms with Gasteiger partial charge in [0.2, 0.25) is 0 Å². The van der Waals surface area contributed by atoms with E-state index in [-0.39, 0.29) is 11.5 Å². The van der Waals surface area contributed by atoms with Gasteiger partial charge in [0.05, 0.1) is 5.56 Å². The molecular formula is C19H22N6O2. The van der Waals surface area contributed by atoms with Gasteiger partial charge in [0, 0.05) is 47.9 Å². The van der Waals surface area contributed by atoms with Gasteiger partial charge in [-0.2, -0.15) is 5.10 Å². The summed E-state index contributed by atoms with van der Waals surface area (Å²) in [6, 6.07) is 3.66. The van der Waals surface area contributed by atoms with Gasteiger partial charge in [-0.05, 0) is 31.9 Å². The van der Waals surface area contributed by atoms with E-state index in [1.165, 1.54) is 12.5 Å². The number of pyridine rings is 2. The lowest BCUT2D eigenvalue weighted by molar-refractivity contribution is 0.0952. The van der Waals surface area contributed by atoms with Crippen molar-refractivity contribution in [2.24, 2.45) is 0 Å². The van der Waals surface area contributed by atoms with Gasteiger partial charge in [0.15, 0.2) is 0 Å². The number of aromatic amines is 1. The van der Waals surface area contributed by atoms with Crippen molar-refractivity contribution in [3.63, 3.8) is 0 Å². The van der Waals surface area contributed by atoms with Gasteiger partial charge in [-0.3, -0.25) is 19.3 Å². The smallest absolute Gasteiger partial charge is 0.252 e. The summed E-state index contributed by atoms with van der Waals surface area (Å²) in [5, 5.41) is 6.91. The summed E-state index contributed by atoms with van der Waals surface area (Å²) in [4.78, 5) is 35.3. The summed E-state index contributed by atoms with van der Waals surface area (Å²) in [6.45, 7) is 4.99. The van der Waals surface area contributed by atoms with E-state index < -0.39 is 0 Å². The molecule has 0 fully saturated rings. The third-order valence-electron chi connectivity index (χ3n) is 4.32. The number of carbonyl (C=O) groups is 1. The number of carbonyl (C=O) groups excluding carboxylic acids is 1. The molecule has 0 radical (unpaired) electrons. The van der Waals surface area contributed by atoms with Crippen LogP contribution >= 0.6 is 0 Å². The number of nitrogens with one attached hydrogen (secondary N) is 2. The highest BCUT2D eigenvalue weighted by atomic mass is 16.1. The molecule has 0 bridgehead atoms. The second-order valence-electron chi connectivity index (χ2n) is 6.25. The van der Waals surface area contributed by atoms with Gasteiger partial charge in [0.1, 0.15) is 12.7 Å². The first-order valence-corrected chi connectivity index (χ1v) is 8.87. The maximum Gasteiger partial charge on any atom is 0.252 e. The summed E-state index contributed by atoms with van der Waals surface area (Å²) in [5.74, 6) is -0.180. The molecule has 3 rings (SSSR count). The number of aromatic nitrogens is 5. The zero-order valence-electron chi connectivity index (χ0n) is 15.4. The average molecular weight is 366 g/mol. The molecule has 0 aliphatic carbocycles. The maximum absolute atomic E-state index is 12.4. The second-order valence-corrected chi connectivity index (χ2v) is 6.25. The van der Waals surface area contributed by atoms with E-state index >= 15 is 0 Å². The lowest BCUT2D eigenvalue weighted by Gasteiger charge is -2.10. The van der Waals surface area contributed by atoms with Crippen LogP contribution in [0.4, 0.5) is 0 Å². The first-order valence-electron chi connectivity index (χ1n) is 8.87. The van der Waals surface area contributed by atoms with Crippen molar-refractivity contribution in [3.05, 3.63) is 64.4 Å². The molecule has 0 aromatic carbocycles. The molecule has 8 heteroatoms. The molecule has 0 aliphatic heterocycles. The molecule has 8 nitrogen and oxygen atoms in total. The Morgan fingerprint density at radius 3 is 2.85 bits per heavy atom. The number of H-pyrrole nitrogens is 1. The summed E-state index contributed by atoms with van der Waals surface area (Å²) in [7, 11) is 0. The second kappa shape index (κ2) is 8.39. The Bertz CT molecular complexity index is 978. The molecule has 0 saturated carbocycles. The van der Waals surface area contributed by atoms with Crippen LogP contribution in [0.3, 0.4) is 0 Å². The van der Waals surface area contributed by atoms with E-state index in [1.807, 2.05) is 19.9 Å². The summed E-state index contributed by atoms with van der Waals surface area (Å²) >= 11 is 0. The molecular weight excluding hydrogens is 344 g/mol. The van der Waals surface area contributed by atoms with E-state index in [0.717, 1.165) is 23.2 Å². The van der Waals surface area contributed by atoms with E-state index in [0.29, 0.717) is 30.6 Å². The van der Waals surface area contributed by atoms with Crippen molar-refractivity contribution in [1.29, 1.82) is 0 Å². The lowest BCUT2D eigenvalue weighted by atomic mass is 10.0. The standard InChI is InChI=1S/C19H22N6O2/c1-3-14-8-17(13(2)24-19(14)27)15-7-16(10-20-9-15)18(26)22-5-4-6-25-12-21-11-23-25/h7-12H,3-6H2,1-2H3,(H,22,26)(H,24,27). The van der Waals surface area contributed by atoms with Crippen LogP contribution in [0.15, 0.2) is 42.0 Å². The van der Waals surface area contributed by atoms with Gasteiger partial charge >= 0.3 is 0 Å². The van der Waals surface area contributed by atoms with E-state index in [4.69, 9.17) is 0 Å². The zero-order chi connectivity index (χ0) is 19.2. The van der Waals surface area contributed by atoms with Gasteiger partial charge in [-0.1, -0.05) is 6.92 Å². The van der Waals surface area contributed by atoms with Crippen molar-refractivity contribution >= 4 is 5.91 Å². The molecule has 27 heavy (non-hydrogen) atoms. The topological polar surface area (TPSA) is 106 Å². The van der Waals surface area contributed by atoms with Crippen LogP contribution < -0.4 is 10.9 Å². The highest BCUT2D eigenvalue weighted by Crippen LogP contribution is 2.22. The van der Waals surface area contributed by atoms with Crippen LogP contribution in [0.25, 0.3) is 11.1 Å². The van der Waals surface area contributed by atoms with Crippen molar-refractivity contribution in [2.75, 3.05) is 6.54 Å². The molecule has 0 spiro atoms. The molecule has 3 heterocycles. The molecule has 140 valence electrons. The number of nitrogens with zero attached hydrogens (tertiary/aromatic N) is 4. The largest absolute Gasteiger partial charge is 0.352 e. The minimum atomic E-state index is -0.180. The minimum absolute atomic E-state index is 0.0759. The summed E-state index contributed by atoms with van der Waals surface area (Å²) in [6.07, 6.45) is 7.76. The SMILES string of the molecule is CCc1cc(-c2cncc(C(=O)NCCCn3cncn3)c2)c(C)[nH]c1=O. The van der Waals surface area contributed by atoms with E-state index in [1.54, 1.807) is 23.3 Å². The monoisotopic (exact) mass is 366 g/mol. The Kier molecular flexibility index (Phi) is 5.75. The lowest BCUT2D eigenvalue weighted by Crippen LogP contribution is -2.25. The predicted molar refractivity (Wildman–Crippen MR) is 101 cm³/mol. The highest BCUT2D eigenvalue weighted by molar-refractivity contribution is 5.95. The molecule has 0 aliphatic rings. The first-order chi connectivity index (χ1) is 13.1. The summed E-state index contributed by atoms with van der Waals surface area (Å²) in [5.41, 5.74) is 3.54. The zero-order valence-corrected chi connectivity index (χ0v) is 15.4. The highest BCUT2D eigenvalue weighted by Gasteiger charge is 2.11. The first kappa shape index (κ1) is 18.5. The molecule has 0 atom stereocenters. The fraction of sp³-hybridized carbons (Fsp3) is 0.316. The van der Waals surface area contributed by atoms with Crippen molar-refractivity contribution in [3.8, 4) is 11.1 Å². The number of amides is 1. The van der Waals surface area contributed by atoms with Crippen LogP contribution in [0, 0.1) is 6.92 Å². The Labute approximate surface area is 156 Å². The normalized spacial score (nSPS) is 10.7. The van der Waals surface area contributed by atoms with Crippen molar-refractivity contribution in [1.82, 2.24) is 30.0 Å². The maximum atomic E-state index is 12.4. The third-order valence-corrected chi connectivity index (χ3v) is 4.32. The molecule has 0 unspecified atom stereocenters. The van der Waals surface area contributed by atoms with Crippen LogP contribution in [0.1, 0.15) is 35.0 Å². The minimum Gasteiger partial charge on any atom is -0.352 e. The van der Waals surface area contributed by atoms with Gasteiger partial charge < -0.3 is 10.3 Å². The molecule has 1 amide bonds. The fourth-order valence-electron chi connectivity index (χ4n) is 2.83. The Hall–Kier alpha value is -3.29. The van der Waals surface area contributed by atoms with Crippen LogP contribution in [0.2, 0.25) is 0 Å². The molecule has 3 aromatic heterocycles. The van der Waals surface area contributed by atoms with Crippen molar-refractivity contribution in [2.45, 2.75) is 33.2 Å². The van der Waals surface area contributed by atoms with Crippen LogP contribution in [-0.2, 0) is 13.0 Å². The molecule has 3 aromatic rings. The molecule has 0 saturated heterocycles. The average Bonchev–Trinajstić information content (AvgIpc) is 3.19. The quantitative estimate of drug-likeness (QED) is 0.619. The van der Waals surface area contributed by atoms with Gasteiger partial charge in [0.25, 0.3) is 11.5 Å². The van der Waals surface area contributed by atoms with Crippen LogP contribution in [-0.4, -0.2) is 37.2 Å². The van der Waals surface area contributed by atoms with E-state index in [2.05, 4.69) is 25.4 Å². The number of hydrogen-bond donors (Lipinski definition) is 2. The summed E-state index contributed by atoms with van der Waals surface area (Å²) < 4.78 is 1.72. The number of rotatable bonds is 7. The van der Waals surface area contributed by atoms with Crippen molar-refractivity contribution < 1.29 is 4.79 Å². The van der Waals surface area contributed by atoms with Gasteiger partial charge in [-0.15, -0.1) is 0 Å². The third kappa shape index (κ3) is 4.46. The molecule has 2 N–H and O–H groups in total. The Morgan fingerprint density at radius 1 is 1.26 bits per heavy atom. The van der Waals surface area contributed by atoms with Crippen LogP contribution in [0.5, 0.6) is 0 Å². The Balaban J connectivity index is 1.69. The number of aryl methyl sites for hydroxylation is 3. The number of hydrogen-bond acceptors (Lipinski definition) is 5. The predicted octanol–water partition coefficient (Wildman–Crippen LogP) is 1.72.